The number of H-pyrrole nitrogens is 1. The SMILES string of the molecule is O=C(O)C1CCN(S(=O)(=O)NCCc2ncc[nH]2)CC1. The zero-order chi connectivity index (χ0) is 14.6. The fourth-order valence-corrected chi connectivity index (χ4v) is 3.40. The lowest BCUT2D eigenvalue weighted by Gasteiger charge is -2.29. The molecule has 20 heavy (non-hydrogen) atoms. The predicted octanol–water partition coefficient (Wildman–Crippen LogP) is -0.417. The number of carboxylic acids is 1. The van der Waals surface area contributed by atoms with E-state index in [1.807, 2.05) is 0 Å². The molecule has 1 aliphatic heterocycles. The van der Waals surface area contributed by atoms with Crippen molar-refractivity contribution in [1.29, 1.82) is 0 Å². The zero-order valence-corrected chi connectivity index (χ0v) is 11.8. The third-order valence-corrected chi connectivity index (χ3v) is 4.96. The Morgan fingerprint density at radius 2 is 2.20 bits per heavy atom. The van der Waals surface area contributed by atoms with Gasteiger partial charge in [0.05, 0.1) is 5.92 Å². The standard InChI is InChI=1S/C11H18N4O4S/c16-11(17)9-2-7-15(8-3-9)20(18,19)14-4-1-10-12-5-6-13-10/h5-6,9,14H,1-4,7-8H2,(H,12,13)(H,16,17). The minimum Gasteiger partial charge on any atom is -0.481 e. The molecule has 0 aliphatic carbocycles. The number of nitrogens with one attached hydrogen (secondary N) is 2. The highest BCUT2D eigenvalue weighted by Gasteiger charge is 2.30. The first-order chi connectivity index (χ1) is 9.49. The second-order valence-corrected chi connectivity index (χ2v) is 6.45. The molecule has 0 unspecified atom stereocenters. The Bertz CT molecular complexity index is 535. The lowest BCUT2D eigenvalue weighted by Crippen LogP contribution is -2.46. The van der Waals surface area contributed by atoms with Gasteiger partial charge in [0.25, 0.3) is 10.2 Å². The average molecular weight is 302 g/mol. The number of piperidine rings is 1. The van der Waals surface area contributed by atoms with Gasteiger partial charge in [-0.3, -0.25) is 4.79 Å². The number of aliphatic carboxylic acids is 1. The van der Waals surface area contributed by atoms with Crippen LogP contribution in [0, 0.1) is 5.92 Å². The van der Waals surface area contributed by atoms with Gasteiger partial charge < -0.3 is 10.1 Å². The molecule has 0 atom stereocenters. The molecule has 112 valence electrons. The molecule has 0 spiro atoms. The molecular formula is C11H18N4O4S. The van der Waals surface area contributed by atoms with Gasteiger partial charge in [0.1, 0.15) is 5.82 Å². The fraction of sp³-hybridized carbons (Fsp3) is 0.636. The number of aromatic nitrogens is 2. The lowest BCUT2D eigenvalue weighted by molar-refractivity contribution is -0.142. The van der Waals surface area contributed by atoms with E-state index in [2.05, 4.69) is 14.7 Å². The van der Waals surface area contributed by atoms with E-state index in [4.69, 9.17) is 5.11 Å². The number of nitrogens with zero attached hydrogens (tertiary/aromatic N) is 2. The highest BCUT2D eigenvalue weighted by Crippen LogP contribution is 2.18. The molecule has 1 fully saturated rings. The van der Waals surface area contributed by atoms with Gasteiger partial charge in [-0.15, -0.1) is 0 Å². The minimum atomic E-state index is -3.54. The monoisotopic (exact) mass is 302 g/mol. The second-order valence-electron chi connectivity index (χ2n) is 4.70. The summed E-state index contributed by atoms with van der Waals surface area (Å²) >= 11 is 0. The van der Waals surface area contributed by atoms with Crippen molar-refractivity contribution in [2.75, 3.05) is 19.6 Å². The van der Waals surface area contributed by atoms with Crippen LogP contribution in [0.3, 0.4) is 0 Å². The number of carbonyl (C=O) groups is 1. The molecule has 1 aliphatic rings. The summed E-state index contributed by atoms with van der Waals surface area (Å²) in [7, 11) is -3.54. The third kappa shape index (κ3) is 3.78. The van der Waals surface area contributed by atoms with E-state index in [9.17, 15) is 13.2 Å². The maximum absolute atomic E-state index is 12.0. The second kappa shape index (κ2) is 6.33. The van der Waals surface area contributed by atoms with E-state index in [1.165, 1.54) is 4.31 Å². The van der Waals surface area contributed by atoms with Crippen molar-refractivity contribution < 1.29 is 18.3 Å². The van der Waals surface area contributed by atoms with Gasteiger partial charge >= 0.3 is 5.97 Å². The first kappa shape index (κ1) is 14.9. The fourth-order valence-electron chi connectivity index (χ4n) is 2.17. The van der Waals surface area contributed by atoms with Crippen LogP contribution in [0.2, 0.25) is 0 Å². The van der Waals surface area contributed by atoms with Gasteiger partial charge in [0.2, 0.25) is 0 Å². The predicted molar refractivity (Wildman–Crippen MR) is 71.1 cm³/mol. The summed E-state index contributed by atoms with van der Waals surface area (Å²) in [5.74, 6) is -0.574. The van der Waals surface area contributed by atoms with Crippen LogP contribution in [-0.2, 0) is 21.4 Å². The van der Waals surface area contributed by atoms with E-state index in [0.717, 1.165) is 5.82 Å². The highest BCUT2D eigenvalue weighted by atomic mass is 32.2. The van der Waals surface area contributed by atoms with E-state index in [1.54, 1.807) is 12.4 Å². The molecule has 0 bridgehead atoms. The molecule has 2 rings (SSSR count). The van der Waals surface area contributed by atoms with E-state index < -0.39 is 22.1 Å². The summed E-state index contributed by atoms with van der Waals surface area (Å²) in [6.45, 7) is 0.745. The summed E-state index contributed by atoms with van der Waals surface area (Å²) in [5, 5.41) is 8.88. The normalized spacial score (nSPS) is 18.2. The third-order valence-electron chi connectivity index (χ3n) is 3.34. The zero-order valence-electron chi connectivity index (χ0n) is 10.9. The van der Waals surface area contributed by atoms with Gasteiger partial charge in [-0.2, -0.15) is 12.7 Å². The number of aromatic amines is 1. The lowest BCUT2D eigenvalue weighted by atomic mass is 9.99. The van der Waals surface area contributed by atoms with Crippen molar-refractivity contribution >= 4 is 16.2 Å². The number of rotatable bonds is 6. The van der Waals surface area contributed by atoms with Gasteiger partial charge in [0, 0.05) is 38.4 Å². The van der Waals surface area contributed by atoms with E-state index in [-0.39, 0.29) is 19.6 Å². The first-order valence-corrected chi connectivity index (χ1v) is 7.89. The Labute approximate surface area is 117 Å². The Kier molecular flexibility index (Phi) is 4.73. The maximum Gasteiger partial charge on any atom is 0.306 e. The number of carboxylic acid groups (broad SMARTS) is 1. The Morgan fingerprint density at radius 3 is 2.75 bits per heavy atom. The summed E-state index contributed by atoms with van der Waals surface area (Å²) in [6, 6.07) is 0. The van der Waals surface area contributed by atoms with Crippen LogP contribution < -0.4 is 4.72 Å². The molecular weight excluding hydrogens is 284 g/mol. The molecule has 1 saturated heterocycles. The molecule has 9 heteroatoms. The topological polar surface area (TPSA) is 115 Å². The summed E-state index contributed by atoms with van der Waals surface area (Å²) in [5.41, 5.74) is 0. The van der Waals surface area contributed by atoms with E-state index in [0.29, 0.717) is 19.3 Å². The molecule has 0 saturated carbocycles. The molecule has 2 heterocycles. The van der Waals surface area contributed by atoms with Crippen molar-refractivity contribution in [3.63, 3.8) is 0 Å². The molecule has 1 aromatic rings. The van der Waals surface area contributed by atoms with Gasteiger partial charge in [-0.1, -0.05) is 0 Å². The smallest absolute Gasteiger partial charge is 0.306 e. The maximum atomic E-state index is 12.0. The van der Waals surface area contributed by atoms with Crippen LogP contribution in [0.25, 0.3) is 0 Å². The highest BCUT2D eigenvalue weighted by molar-refractivity contribution is 7.87. The van der Waals surface area contributed by atoms with Gasteiger partial charge in [-0.05, 0) is 12.8 Å². The van der Waals surface area contributed by atoms with Crippen molar-refractivity contribution in [2.24, 2.45) is 5.92 Å². The largest absolute Gasteiger partial charge is 0.481 e. The van der Waals surface area contributed by atoms with Crippen LogP contribution >= 0.6 is 0 Å². The van der Waals surface area contributed by atoms with Crippen LogP contribution in [0.4, 0.5) is 0 Å². The molecule has 0 aromatic carbocycles. The number of imidazole rings is 1. The molecule has 0 radical (unpaired) electrons. The van der Waals surface area contributed by atoms with Gasteiger partial charge in [0.15, 0.2) is 0 Å². The number of hydrogen-bond donors (Lipinski definition) is 3. The van der Waals surface area contributed by atoms with Crippen LogP contribution in [0.5, 0.6) is 0 Å². The van der Waals surface area contributed by atoms with Crippen molar-refractivity contribution in [3.8, 4) is 0 Å². The quantitative estimate of drug-likeness (QED) is 0.660. The minimum absolute atomic E-state index is 0.243. The molecule has 3 N–H and O–H groups in total. The Balaban J connectivity index is 1.80. The van der Waals surface area contributed by atoms with Crippen molar-refractivity contribution in [3.05, 3.63) is 18.2 Å². The average Bonchev–Trinajstić information content (AvgIpc) is 2.92. The molecule has 1 aromatic heterocycles. The Morgan fingerprint density at radius 1 is 1.50 bits per heavy atom. The molecule has 0 amide bonds. The first-order valence-electron chi connectivity index (χ1n) is 6.45. The van der Waals surface area contributed by atoms with Crippen LogP contribution in [0.15, 0.2) is 12.4 Å². The summed E-state index contributed by atoms with van der Waals surface area (Å²) in [4.78, 5) is 17.7. The van der Waals surface area contributed by atoms with Crippen LogP contribution in [0.1, 0.15) is 18.7 Å². The van der Waals surface area contributed by atoms with E-state index >= 15 is 0 Å². The molecule has 8 nitrogen and oxygen atoms in total. The summed E-state index contributed by atoms with van der Waals surface area (Å²) < 4.78 is 27.9. The van der Waals surface area contributed by atoms with Crippen LogP contribution in [-0.4, -0.2) is 53.4 Å². The Hall–Kier alpha value is -1.45. The summed E-state index contributed by atoms with van der Waals surface area (Å²) in [6.07, 6.45) is 4.49. The number of hydrogen-bond acceptors (Lipinski definition) is 4. The van der Waals surface area contributed by atoms with Crippen molar-refractivity contribution in [1.82, 2.24) is 19.0 Å². The van der Waals surface area contributed by atoms with Crippen molar-refractivity contribution in [2.45, 2.75) is 19.3 Å². The van der Waals surface area contributed by atoms with Gasteiger partial charge in [-0.25, -0.2) is 9.71 Å².